The van der Waals surface area contributed by atoms with Crippen molar-refractivity contribution >= 4 is 23.2 Å². The fourth-order valence-corrected chi connectivity index (χ4v) is 2.16. The predicted octanol–water partition coefficient (Wildman–Crippen LogP) is 4.15. The first-order chi connectivity index (χ1) is 10.7. The van der Waals surface area contributed by atoms with Crippen LogP contribution in [0.4, 0.5) is 5.69 Å². The summed E-state index contributed by atoms with van der Waals surface area (Å²) in [7, 11) is 1.55. The molecular formula is C17H18ClNO3. The first-order valence-corrected chi connectivity index (χ1v) is 7.38. The minimum Gasteiger partial charge on any atom is -0.495 e. The molecule has 1 amide bonds. The molecule has 0 unspecified atom stereocenters. The maximum Gasteiger partial charge on any atom is 0.224 e. The number of benzene rings is 2. The first kappa shape index (κ1) is 16.2. The Morgan fingerprint density at radius 2 is 1.95 bits per heavy atom. The molecule has 4 nitrogen and oxygen atoms in total. The summed E-state index contributed by atoms with van der Waals surface area (Å²) in [6, 6.07) is 14.7. The van der Waals surface area contributed by atoms with Gasteiger partial charge in [0.15, 0.2) is 0 Å². The van der Waals surface area contributed by atoms with Gasteiger partial charge in [0.25, 0.3) is 0 Å². The quantitative estimate of drug-likeness (QED) is 0.780. The molecule has 0 radical (unpaired) electrons. The van der Waals surface area contributed by atoms with E-state index in [4.69, 9.17) is 21.1 Å². The van der Waals surface area contributed by atoms with Crippen LogP contribution >= 0.6 is 11.6 Å². The van der Waals surface area contributed by atoms with Crippen molar-refractivity contribution in [2.45, 2.75) is 12.8 Å². The van der Waals surface area contributed by atoms with E-state index in [1.165, 1.54) is 0 Å². The molecule has 0 saturated carbocycles. The summed E-state index contributed by atoms with van der Waals surface area (Å²) >= 11 is 6.01. The average Bonchev–Trinajstić information content (AvgIpc) is 2.53. The van der Waals surface area contributed by atoms with Gasteiger partial charge in [-0.1, -0.05) is 29.8 Å². The van der Waals surface area contributed by atoms with Crippen LogP contribution in [0, 0.1) is 0 Å². The van der Waals surface area contributed by atoms with Gasteiger partial charge in [-0.2, -0.15) is 0 Å². The van der Waals surface area contributed by atoms with Gasteiger partial charge in [0, 0.05) is 12.1 Å². The summed E-state index contributed by atoms with van der Waals surface area (Å²) in [5.41, 5.74) is 0.653. The Kier molecular flexibility index (Phi) is 6.10. The lowest BCUT2D eigenvalue weighted by Crippen LogP contribution is -2.12. The lowest BCUT2D eigenvalue weighted by molar-refractivity contribution is -0.116. The third kappa shape index (κ3) is 4.97. The fraction of sp³-hybridized carbons (Fsp3) is 0.235. The van der Waals surface area contributed by atoms with Crippen LogP contribution in [0.15, 0.2) is 48.5 Å². The van der Waals surface area contributed by atoms with E-state index in [9.17, 15) is 4.79 Å². The van der Waals surface area contributed by atoms with E-state index in [1.807, 2.05) is 30.3 Å². The van der Waals surface area contributed by atoms with Gasteiger partial charge in [0.1, 0.15) is 11.5 Å². The van der Waals surface area contributed by atoms with Crippen molar-refractivity contribution in [1.82, 2.24) is 0 Å². The Morgan fingerprint density at radius 3 is 2.64 bits per heavy atom. The minimum absolute atomic E-state index is 0.0714. The van der Waals surface area contributed by atoms with Gasteiger partial charge in [0.05, 0.1) is 18.7 Å². The van der Waals surface area contributed by atoms with Crippen LogP contribution in [0.3, 0.4) is 0 Å². The second kappa shape index (κ2) is 8.29. The molecule has 1 N–H and O–H groups in total. The maximum atomic E-state index is 11.8. The second-order valence-corrected chi connectivity index (χ2v) is 5.07. The van der Waals surface area contributed by atoms with Crippen molar-refractivity contribution < 1.29 is 14.3 Å². The van der Waals surface area contributed by atoms with Gasteiger partial charge in [-0.15, -0.1) is 0 Å². The normalized spacial score (nSPS) is 10.1. The molecule has 0 fully saturated rings. The number of amides is 1. The van der Waals surface area contributed by atoms with E-state index >= 15 is 0 Å². The Morgan fingerprint density at radius 1 is 1.18 bits per heavy atom. The number of methoxy groups -OCH3 is 1. The summed E-state index contributed by atoms with van der Waals surface area (Å²) in [6.07, 6.45) is 1.03. The molecule has 0 aliphatic heterocycles. The molecule has 0 spiro atoms. The molecule has 22 heavy (non-hydrogen) atoms. The van der Waals surface area contributed by atoms with Crippen LogP contribution in [0.2, 0.25) is 5.02 Å². The molecule has 5 heteroatoms. The lowest BCUT2D eigenvalue weighted by atomic mass is 10.2. The number of nitrogens with one attached hydrogen (secondary N) is 1. The number of rotatable bonds is 7. The molecule has 2 aromatic carbocycles. The van der Waals surface area contributed by atoms with Crippen molar-refractivity contribution in [3.05, 3.63) is 53.6 Å². The highest BCUT2D eigenvalue weighted by Crippen LogP contribution is 2.27. The molecule has 116 valence electrons. The summed E-state index contributed by atoms with van der Waals surface area (Å²) in [4.78, 5) is 11.8. The average molecular weight is 320 g/mol. The number of carbonyl (C=O) groups excluding carboxylic acids is 1. The minimum atomic E-state index is -0.0714. The lowest BCUT2D eigenvalue weighted by Gasteiger charge is -2.08. The van der Waals surface area contributed by atoms with Gasteiger partial charge < -0.3 is 14.8 Å². The number of hydrogen-bond donors (Lipinski definition) is 1. The van der Waals surface area contributed by atoms with E-state index in [-0.39, 0.29) is 5.91 Å². The van der Waals surface area contributed by atoms with E-state index in [0.717, 1.165) is 5.75 Å². The number of hydrogen-bond acceptors (Lipinski definition) is 3. The number of ether oxygens (including phenoxy) is 2. The van der Waals surface area contributed by atoms with E-state index in [2.05, 4.69) is 5.32 Å². The summed E-state index contributed by atoms with van der Waals surface area (Å²) in [5.74, 6) is 1.32. The first-order valence-electron chi connectivity index (χ1n) is 7.00. The Balaban J connectivity index is 1.73. The fourth-order valence-electron chi connectivity index (χ4n) is 1.91. The van der Waals surface area contributed by atoms with Crippen molar-refractivity contribution in [2.75, 3.05) is 19.0 Å². The molecule has 0 aromatic heterocycles. The highest BCUT2D eigenvalue weighted by molar-refractivity contribution is 6.32. The predicted molar refractivity (Wildman–Crippen MR) is 87.8 cm³/mol. The van der Waals surface area contributed by atoms with Crippen LogP contribution in [0.25, 0.3) is 0 Å². The van der Waals surface area contributed by atoms with Gasteiger partial charge in [-0.3, -0.25) is 4.79 Å². The van der Waals surface area contributed by atoms with Gasteiger partial charge in [-0.25, -0.2) is 0 Å². The molecule has 0 saturated heterocycles. The zero-order valence-corrected chi connectivity index (χ0v) is 13.1. The molecule has 0 aliphatic carbocycles. The van der Waals surface area contributed by atoms with Crippen molar-refractivity contribution in [3.8, 4) is 11.5 Å². The number of para-hydroxylation sites is 1. The summed E-state index contributed by atoms with van der Waals surface area (Å²) in [6.45, 7) is 0.501. The Hall–Kier alpha value is -2.20. The van der Waals surface area contributed by atoms with Crippen LogP contribution in [0.1, 0.15) is 12.8 Å². The SMILES string of the molecule is COc1ccc(NC(=O)CCCOc2ccccc2)cc1Cl. The Labute approximate surface area is 135 Å². The van der Waals surface area contributed by atoms with Crippen molar-refractivity contribution in [3.63, 3.8) is 0 Å². The van der Waals surface area contributed by atoms with Crippen molar-refractivity contribution in [1.29, 1.82) is 0 Å². The smallest absolute Gasteiger partial charge is 0.224 e. The summed E-state index contributed by atoms with van der Waals surface area (Å²) < 4.78 is 10.6. The largest absolute Gasteiger partial charge is 0.495 e. The second-order valence-electron chi connectivity index (χ2n) is 4.66. The van der Waals surface area contributed by atoms with Crippen molar-refractivity contribution in [2.24, 2.45) is 0 Å². The van der Waals surface area contributed by atoms with Gasteiger partial charge in [0.2, 0.25) is 5.91 Å². The molecule has 0 heterocycles. The van der Waals surface area contributed by atoms with E-state index < -0.39 is 0 Å². The molecule has 2 aromatic rings. The molecule has 0 atom stereocenters. The third-order valence-electron chi connectivity index (χ3n) is 3.00. The monoisotopic (exact) mass is 319 g/mol. The van der Waals surface area contributed by atoms with E-state index in [1.54, 1.807) is 25.3 Å². The Bertz CT molecular complexity index is 617. The highest BCUT2D eigenvalue weighted by Gasteiger charge is 2.06. The van der Waals surface area contributed by atoms with Crippen LogP contribution < -0.4 is 14.8 Å². The molecule has 0 aliphatic rings. The topological polar surface area (TPSA) is 47.6 Å². The highest BCUT2D eigenvalue weighted by atomic mass is 35.5. The van der Waals surface area contributed by atoms with Crippen LogP contribution in [-0.2, 0) is 4.79 Å². The maximum absolute atomic E-state index is 11.8. The number of anilines is 1. The molecular weight excluding hydrogens is 302 g/mol. The number of carbonyl (C=O) groups is 1. The summed E-state index contributed by atoms with van der Waals surface area (Å²) in [5, 5.41) is 3.26. The van der Waals surface area contributed by atoms with Gasteiger partial charge in [-0.05, 0) is 36.8 Å². The standard InChI is InChI=1S/C17H18ClNO3/c1-21-16-10-9-13(12-15(16)18)19-17(20)8-5-11-22-14-6-3-2-4-7-14/h2-4,6-7,9-10,12H,5,8,11H2,1H3,(H,19,20). The zero-order chi connectivity index (χ0) is 15.8. The third-order valence-corrected chi connectivity index (χ3v) is 3.29. The van der Waals surface area contributed by atoms with Gasteiger partial charge >= 0.3 is 0 Å². The van der Waals surface area contributed by atoms with Crippen LogP contribution in [-0.4, -0.2) is 19.6 Å². The molecule has 0 bridgehead atoms. The zero-order valence-electron chi connectivity index (χ0n) is 12.3. The van der Waals surface area contributed by atoms with E-state index in [0.29, 0.717) is 35.9 Å². The number of halogens is 1. The van der Waals surface area contributed by atoms with Crippen LogP contribution in [0.5, 0.6) is 11.5 Å². The molecule has 2 rings (SSSR count).